The zero-order chi connectivity index (χ0) is 19.5. The highest BCUT2D eigenvalue weighted by Crippen LogP contribution is 2.36. The van der Waals surface area contributed by atoms with Crippen LogP contribution >= 0.6 is 0 Å². The molecule has 1 aromatic heterocycles. The standard InChI is InChI=1S/C17H27N5O4/c1-11-9-13(14(22(24)25)15(18-5)19-11)21-8-6-7-12(10-21)26-16(23)20-17(2,3)4/h9,12H,6-8,10H2,1-5H3,(H,18,19)(H,20,23). The summed E-state index contributed by atoms with van der Waals surface area (Å²) in [5, 5.41) is 17.1. The van der Waals surface area contributed by atoms with E-state index in [4.69, 9.17) is 4.74 Å². The maximum Gasteiger partial charge on any atom is 0.407 e. The molecule has 0 spiro atoms. The molecule has 1 aromatic rings. The lowest BCUT2D eigenvalue weighted by molar-refractivity contribution is -0.383. The number of piperidine rings is 1. The van der Waals surface area contributed by atoms with Crippen molar-refractivity contribution in [3.63, 3.8) is 0 Å². The Morgan fingerprint density at radius 3 is 2.73 bits per heavy atom. The van der Waals surface area contributed by atoms with Crippen molar-refractivity contribution in [2.24, 2.45) is 0 Å². The van der Waals surface area contributed by atoms with Crippen LogP contribution in [0.4, 0.5) is 22.0 Å². The lowest BCUT2D eigenvalue weighted by Gasteiger charge is -2.34. The van der Waals surface area contributed by atoms with E-state index in [2.05, 4.69) is 15.6 Å². The number of nitrogens with one attached hydrogen (secondary N) is 2. The van der Waals surface area contributed by atoms with Gasteiger partial charge in [0, 0.05) is 24.8 Å². The number of pyridine rings is 1. The number of hydrogen-bond donors (Lipinski definition) is 2. The second kappa shape index (κ2) is 7.76. The summed E-state index contributed by atoms with van der Waals surface area (Å²) in [6, 6.07) is 1.70. The molecular weight excluding hydrogens is 338 g/mol. The second-order valence-electron chi connectivity index (χ2n) is 7.48. The Kier molecular flexibility index (Phi) is 5.89. The molecule has 9 nitrogen and oxygen atoms in total. The molecule has 0 bridgehead atoms. The number of aryl methyl sites for hydroxylation is 1. The van der Waals surface area contributed by atoms with Gasteiger partial charge in [0.2, 0.25) is 5.82 Å². The Bertz CT molecular complexity index is 686. The van der Waals surface area contributed by atoms with Gasteiger partial charge in [-0.1, -0.05) is 0 Å². The number of amides is 1. The minimum absolute atomic E-state index is 0.0575. The first-order chi connectivity index (χ1) is 12.1. The van der Waals surface area contributed by atoms with Crippen molar-refractivity contribution >= 4 is 23.3 Å². The number of hydrogen-bond acceptors (Lipinski definition) is 7. The van der Waals surface area contributed by atoms with Crippen molar-refractivity contribution in [2.75, 3.05) is 30.4 Å². The van der Waals surface area contributed by atoms with E-state index < -0.39 is 11.0 Å². The third kappa shape index (κ3) is 4.96. The van der Waals surface area contributed by atoms with Crippen LogP contribution in [-0.4, -0.2) is 47.8 Å². The maximum atomic E-state index is 12.0. The quantitative estimate of drug-likeness (QED) is 0.623. The predicted octanol–water partition coefficient (Wildman–Crippen LogP) is 2.83. The SMILES string of the molecule is CNc1nc(C)cc(N2CCCC(OC(=O)NC(C)(C)C)C2)c1[N+](=O)[O-]. The lowest BCUT2D eigenvalue weighted by atomic mass is 10.1. The molecule has 1 fully saturated rings. The van der Waals surface area contributed by atoms with Gasteiger partial charge in [0.15, 0.2) is 0 Å². The molecule has 0 radical (unpaired) electrons. The molecule has 1 aliphatic rings. The third-order valence-corrected chi connectivity index (χ3v) is 3.99. The van der Waals surface area contributed by atoms with Crippen molar-refractivity contribution in [1.82, 2.24) is 10.3 Å². The van der Waals surface area contributed by atoms with Gasteiger partial charge < -0.3 is 20.3 Å². The highest BCUT2D eigenvalue weighted by atomic mass is 16.6. The summed E-state index contributed by atoms with van der Waals surface area (Å²) in [5.74, 6) is 0.235. The van der Waals surface area contributed by atoms with Crippen molar-refractivity contribution in [3.05, 3.63) is 21.9 Å². The summed E-state index contributed by atoms with van der Waals surface area (Å²) in [6.45, 7) is 8.50. The monoisotopic (exact) mass is 365 g/mol. The molecule has 2 heterocycles. The molecule has 2 rings (SSSR count). The molecular formula is C17H27N5O4. The molecule has 0 aliphatic carbocycles. The minimum atomic E-state index is -0.472. The van der Waals surface area contributed by atoms with Crippen LogP contribution in [0.25, 0.3) is 0 Å². The van der Waals surface area contributed by atoms with Crippen LogP contribution in [0.3, 0.4) is 0 Å². The molecule has 1 unspecified atom stereocenters. The molecule has 26 heavy (non-hydrogen) atoms. The highest BCUT2D eigenvalue weighted by Gasteiger charge is 2.31. The Morgan fingerprint density at radius 2 is 2.15 bits per heavy atom. The Labute approximate surface area is 153 Å². The molecule has 9 heteroatoms. The second-order valence-corrected chi connectivity index (χ2v) is 7.48. The van der Waals surface area contributed by atoms with E-state index in [0.717, 1.165) is 12.8 Å². The predicted molar refractivity (Wildman–Crippen MR) is 99.8 cm³/mol. The van der Waals surface area contributed by atoms with Gasteiger partial charge in [-0.05, 0) is 46.6 Å². The molecule has 1 amide bonds. The molecule has 1 aliphatic heterocycles. The molecule has 0 saturated carbocycles. The van der Waals surface area contributed by atoms with Crippen LogP contribution in [0.2, 0.25) is 0 Å². The lowest BCUT2D eigenvalue weighted by Crippen LogP contribution is -2.46. The van der Waals surface area contributed by atoms with E-state index in [1.165, 1.54) is 0 Å². The number of ether oxygens (including phenoxy) is 1. The zero-order valence-corrected chi connectivity index (χ0v) is 16.0. The molecule has 2 N–H and O–H groups in total. The Balaban J connectivity index is 2.20. The van der Waals surface area contributed by atoms with Gasteiger partial charge in [0.1, 0.15) is 11.8 Å². The van der Waals surface area contributed by atoms with Gasteiger partial charge >= 0.3 is 11.8 Å². The van der Waals surface area contributed by atoms with Crippen molar-refractivity contribution in [3.8, 4) is 0 Å². The van der Waals surface area contributed by atoms with Gasteiger partial charge in [0.25, 0.3) is 0 Å². The van der Waals surface area contributed by atoms with Gasteiger partial charge in [-0.15, -0.1) is 0 Å². The Hall–Kier alpha value is -2.58. The van der Waals surface area contributed by atoms with Crippen molar-refractivity contribution in [1.29, 1.82) is 0 Å². The fourth-order valence-corrected chi connectivity index (χ4v) is 2.98. The van der Waals surface area contributed by atoms with Crippen LogP contribution in [0, 0.1) is 17.0 Å². The van der Waals surface area contributed by atoms with Gasteiger partial charge in [-0.2, -0.15) is 0 Å². The third-order valence-electron chi connectivity index (χ3n) is 3.99. The van der Waals surface area contributed by atoms with Crippen LogP contribution in [0.15, 0.2) is 6.07 Å². The number of aromatic nitrogens is 1. The fraction of sp³-hybridized carbons (Fsp3) is 0.647. The average molecular weight is 365 g/mol. The van der Waals surface area contributed by atoms with Crippen molar-refractivity contribution < 1.29 is 14.5 Å². The normalized spacial score (nSPS) is 17.6. The minimum Gasteiger partial charge on any atom is -0.444 e. The molecule has 1 saturated heterocycles. The number of anilines is 2. The Morgan fingerprint density at radius 1 is 1.46 bits per heavy atom. The fourth-order valence-electron chi connectivity index (χ4n) is 2.98. The summed E-state index contributed by atoms with van der Waals surface area (Å²) in [5.41, 5.74) is 0.742. The van der Waals surface area contributed by atoms with Gasteiger partial charge in [0.05, 0.1) is 11.5 Å². The first kappa shape index (κ1) is 19.7. The first-order valence-corrected chi connectivity index (χ1v) is 8.68. The smallest absolute Gasteiger partial charge is 0.407 e. The highest BCUT2D eigenvalue weighted by molar-refractivity contribution is 5.75. The topological polar surface area (TPSA) is 110 Å². The summed E-state index contributed by atoms with van der Waals surface area (Å²) in [6.07, 6.45) is 0.712. The van der Waals surface area contributed by atoms with E-state index in [1.54, 1.807) is 20.0 Å². The van der Waals surface area contributed by atoms with Crippen molar-refractivity contribution in [2.45, 2.75) is 52.2 Å². The number of rotatable bonds is 4. The van der Waals surface area contributed by atoms with E-state index in [9.17, 15) is 14.9 Å². The van der Waals surface area contributed by atoms with Crippen LogP contribution < -0.4 is 15.5 Å². The first-order valence-electron chi connectivity index (χ1n) is 8.68. The number of nitro groups is 1. The number of carbonyl (C=O) groups is 1. The van der Waals surface area contributed by atoms with Crippen LogP contribution in [-0.2, 0) is 4.74 Å². The summed E-state index contributed by atoms with van der Waals surface area (Å²) >= 11 is 0. The van der Waals surface area contributed by atoms with Gasteiger partial charge in [-0.3, -0.25) is 10.1 Å². The van der Waals surface area contributed by atoms with Gasteiger partial charge in [-0.25, -0.2) is 9.78 Å². The molecule has 0 aromatic carbocycles. The summed E-state index contributed by atoms with van der Waals surface area (Å²) < 4.78 is 5.51. The number of alkyl carbamates (subject to hydrolysis) is 1. The van der Waals surface area contributed by atoms with E-state index >= 15 is 0 Å². The summed E-state index contributed by atoms with van der Waals surface area (Å²) in [7, 11) is 1.61. The largest absolute Gasteiger partial charge is 0.444 e. The zero-order valence-electron chi connectivity index (χ0n) is 16.0. The average Bonchev–Trinajstić information content (AvgIpc) is 2.51. The summed E-state index contributed by atoms with van der Waals surface area (Å²) in [4.78, 5) is 29.3. The molecule has 144 valence electrons. The number of nitrogens with zero attached hydrogens (tertiary/aromatic N) is 3. The van der Waals surface area contributed by atoms with E-state index in [-0.39, 0.29) is 23.1 Å². The van der Waals surface area contributed by atoms with Crippen LogP contribution in [0.1, 0.15) is 39.3 Å². The molecule has 1 atom stereocenters. The van der Waals surface area contributed by atoms with E-state index in [1.807, 2.05) is 25.7 Å². The van der Waals surface area contributed by atoms with E-state index in [0.29, 0.717) is 24.5 Å². The number of carbonyl (C=O) groups excluding carboxylic acids is 1. The maximum absolute atomic E-state index is 12.0. The van der Waals surface area contributed by atoms with Crippen LogP contribution in [0.5, 0.6) is 0 Å².